The molecule has 0 spiro atoms. The Morgan fingerprint density at radius 1 is 1.12 bits per heavy atom. The van der Waals surface area contributed by atoms with Gasteiger partial charge in [-0.05, 0) is 51.6 Å². The number of hydrogen-bond donors (Lipinski definition) is 1. The second kappa shape index (κ2) is 11.2. The zero-order chi connectivity index (χ0) is 23.8. The van der Waals surface area contributed by atoms with Crippen LogP contribution in [0.15, 0.2) is 99.8 Å². The van der Waals surface area contributed by atoms with Gasteiger partial charge in [0.2, 0.25) is 5.90 Å². The van der Waals surface area contributed by atoms with Crippen molar-refractivity contribution in [3.05, 3.63) is 89.9 Å². The largest absolute Gasteiger partial charge is 0.467 e. The van der Waals surface area contributed by atoms with Gasteiger partial charge in [-0.15, -0.1) is 0 Å². The molecule has 33 heavy (non-hydrogen) atoms. The highest BCUT2D eigenvalue weighted by Gasteiger charge is 2.16. The van der Waals surface area contributed by atoms with Crippen LogP contribution in [0.25, 0.3) is 0 Å². The molecule has 1 aromatic carbocycles. The van der Waals surface area contributed by atoms with E-state index in [1.54, 1.807) is 13.1 Å². The fourth-order valence-corrected chi connectivity index (χ4v) is 3.25. The van der Waals surface area contributed by atoms with Gasteiger partial charge in [0.1, 0.15) is 17.2 Å². The van der Waals surface area contributed by atoms with E-state index in [1.807, 2.05) is 69.5 Å². The average molecular weight is 446 g/mol. The van der Waals surface area contributed by atoms with E-state index in [4.69, 9.17) is 14.2 Å². The normalized spacial score (nSPS) is 18.8. The lowest BCUT2D eigenvalue weighted by molar-refractivity contribution is 0.213. The lowest BCUT2D eigenvalue weighted by Crippen LogP contribution is -2.33. The first-order valence-electron chi connectivity index (χ1n) is 10.8. The quantitative estimate of drug-likeness (QED) is 0.330. The van der Waals surface area contributed by atoms with E-state index < -0.39 is 0 Å². The smallest absolute Gasteiger partial charge is 0.217 e. The van der Waals surface area contributed by atoms with Crippen LogP contribution in [0.2, 0.25) is 0 Å². The molecule has 0 radical (unpaired) electrons. The lowest BCUT2D eigenvalue weighted by Gasteiger charge is -2.23. The van der Waals surface area contributed by atoms with Crippen LogP contribution in [-0.4, -0.2) is 25.1 Å². The minimum Gasteiger partial charge on any atom is -0.467 e. The van der Waals surface area contributed by atoms with Crippen molar-refractivity contribution in [1.82, 2.24) is 5.32 Å². The number of nitrogens with one attached hydrogen (secondary N) is 1. The molecule has 3 rings (SSSR count). The molecule has 1 unspecified atom stereocenters. The summed E-state index contributed by atoms with van der Waals surface area (Å²) in [4.78, 5) is 8.85. The van der Waals surface area contributed by atoms with Gasteiger partial charge < -0.3 is 19.5 Å². The summed E-state index contributed by atoms with van der Waals surface area (Å²) < 4.78 is 18.5. The van der Waals surface area contributed by atoms with Crippen molar-refractivity contribution in [1.29, 1.82) is 0 Å². The molecule has 0 amide bonds. The minimum absolute atomic E-state index is 0.287. The number of benzene rings is 1. The maximum atomic E-state index is 6.20. The van der Waals surface area contributed by atoms with E-state index in [2.05, 4.69) is 34.9 Å². The highest BCUT2D eigenvalue weighted by molar-refractivity contribution is 5.94. The summed E-state index contributed by atoms with van der Waals surface area (Å²) in [5, 5.41) is 3.21. The number of allylic oxidation sites excluding steroid dienone is 7. The van der Waals surface area contributed by atoms with Crippen LogP contribution in [0.1, 0.15) is 34.1 Å². The molecule has 2 heterocycles. The molecular weight excluding hydrogens is 414 g/mol. The molecule has 6 heteroatoms. The molecule has 0 aromatic heterocycles. The van der Waals surface area contributed by atoms with Crippen LogP contribution in [-0.2, 0) is 0 Å². The van der Waals surface area contributed by atoms with E-state index in [-0.39, 0.29) is 6.23 Å². The maximum absolute atomic E-state index is 6.20. The molecule has 0 saturated carbocycles. The molecule has 0 aliphatic carbocycles. The predicted molar refractivity (Wildman–Crippen MR) is 135 cm³/mol. The molecule has 0 saturated heterocycles. The third-order valence-electron chi connectivity index (χ3n) is 4.92. The van der Waals surface area contributed by atoms with Crippen molar-refractivity contribution in [2.45, 2.75) is 40.3 Å². The van der Waals surface area contributed by atoms with Crippen LogP contribution < -0.4 is 19.5 Å². The molecule has 1 aromatic rings. The van der Waals surface area contributed by atoms with Crippen molar-refractivity contribution in [2.75, 3.05) is 7.05 Å². The average Bonchev–Trinajstić information content (AvgIpc) is 2.93. The van der Waals surface area contributed by atoms with E-state index >= 15 is 0 Å². The number of ether oxygens (including phenoxy) is 3. The summed E-state index contributed by atoms with van der Waals surface area (Å²) in [6, 6.07) is 5.46. The molecule has 0 bridgehead atoms. The monoisotopic (exact) mass is 445 g/mol. The molecular formula is C27H31N3O3. The van der Waals surface area contributed by atoms with Gasteiger partial charge in [-0.1, -0.05) is 36.5 Å². The first-order chi connectivity index (χ1) is 15.9. The summed E-state index contributed by atoms with van der Waals surface area (Å²) in [5.41, 5.74) is 3.96. The molecule has 0 fully saturated rings. The summed E-state index contributed by atoms with van der Waals surface area (Å²) in [6.07, 6.45) is 13.7. The third-order valence-corrected chi connectivity index (χ3v) is 4.92. The van der Waals surface area contributed by atoms with E-state index in [9.17, 15) is 0 Å². The van der Waals surface area contributed by atoms with E-state index in [0.29, 0.717) is 35.5 Å². The van der Waals surface area contributed by atoms with Gasteiger partial charge in [0.25, 0.3) is 0 Å². The summed E-state index contributed by atoms with van der Waals surface area (Å²) in [7, 11) is 1.68. The van der Waals surface area contributed by atoms with Crippen LogP contribution in [0.5, 0.6) is 17.2 Å². The predicted octanol–water partition coefficient (Wildman–Crippen LogP) is 6.03. The summed E-state index contributed by atoms with van der Waals surface area (Å²) in [5.74, 6) is 2.80. The fraction of sp³-hybridized carbons (Fsp3) is 0.259. The van der Waals surface area contributed by atoms with Crippen LogP contribution >= 0.6 is 0 Å². The molecule has 6 nitrogen and oxygen atoms in total. The highest BCUT2D eigenvalue weighted by atomic mass is 16.5. The Morgan fingerprint density at radius 3 is 2.61 bits per heavy atom. The van der Waals surface area contributed by atoms with Gasteiger partial charge in [-0.2, -0.15) is 0 Å². The van der Waals surface area contributed by atoms with Gasteiger partial charge in [-0.25, -0.2) is 4.99 Å². The maximum Gasteiger partial charge on any atom is 0.217 e. The zero-order valence-corrected chi connectivity index (χ0v) is 19.9. The minimum atomic E-state index is -0.287. The van der Waals surface area contributed by atoms with Crippen molar-refractivity contribution in [3.63, 3.8) is 0 Å². The molecule has 2 aliphatic heterocycles. The van der Waals surface area contributed by atoms with Crippen LogP contribution in [0.4, 0.5) is 0 Å². The van der Waals surface area contributed by atoms with Gasteiger partial charge in [-0.3, -0.25) is 4.99 Å². The van der Waals surface area contributed by atoms with Crippen molar-refractivity contribution < 1.29 is 14.2 Å². The standard InChI is InChI=1S/C27H31N3O3/c1-7-9-19(3)26(28-6)32-23-15-22(31-25-14-18(2)11-12-21(5)30-25)16-24(17-23)33-27-20(4)10-8-13-29-27/h7-13,15-17,27,29H,1,14H2,2-6H3/b19-9-,28-26?. The second-order valence-electron chi connectivity index (χ2n) is 7.90. The number of dihydropyridines is 1. The van der Waals surface area contributed by atoms with Gasteiger partial charge >= 0.3 is 0 Å². The number of aliphatic imine (C=N–C) groups is 2. The van der Waals surface area contributed by atoms with Crippen molar-refractivity contribution in [2.24, 2.45) is 9.98 Å². The Bertz CT molecular complexity index is 1120. The van der Waals surface area contributed by atoms with Crippen LogP contribution in [0, 0.1) is 0 Å². The van der Waals surface area contributed by atoms with Gasteiger partial charge in [0.15, 0.2) is 12.1 Å². The fourth-order valence-electron chi connectivity index (χ4n) is 3.25. The third kappa shape index (κ3) is 6.84. The highest BCUT2D eigenvalue weighted by Crippen LogP contribution is 2.31. The SMILES string of the molecule is C=C/C=C(/C)C(=NC)Oc1cc(OC2=NC(C)=CC=C(C)C2)cc(OC2NC=CC=C2C)c1. The summed E-state index contributed by atoms with van der Waals surface area (Å²) >= 11 is 0. The van der Waals surface area contributed by atoms with Gasteiger partial charge in [0, 0.05) is 42.9 Å². The second-order valence-corrected chi connectivity index (χ2v) is 7.90. The first-order valence-corrected chi connectivity index (χ1v) is 10.8. The van der Waals surface area contributed by atoms with Gasteiger partial charge in [0.05, 0.1) is 0 Å². The Morgan fingerprint density at radius 2 is 1.88 bits per heavy atom. The van der Waals surface area contributed by atoms with Crippen molar-refractivity contribution in [3.8, 4) is 17.2 Å². The Hall–Kier alpha value is -3.80. The summed E-state index contributed by atoms with van der Waals surface area (Å²) in [6.45, 7) is 11.7. The Labute approximate surface area is 196 Å². The van der Waals surface area contributed by atoms with Crippen molar-refractivity contribution >= 4 is 11.8 Å². The Kier molecular flexibility index (Phi) is 8.08. The Balaban J connectivity index is 1.93. The lowest BCUT2D eigenvalue weighted by atomic mass is 10.2. The zero-order valence-electron chi connectivity index (χ0n) is 19.9. The number of nitrogens with zero attached hydrogens (tertiary/aromatic N) is 2. The topological polar surface area (TPSA) is 64.4 Å². The first kappa shape index (κ1) is 23.9. The molecule has 172 valence electrons. The van der Waals surface area contributed by atoms with E-state index in [1.165, 1.54) is 5.57 Å². The molecule has 2 aliphatic rings. The van der Waals surface area contributed by atoms with Crippen LogP contribution in [0.3, 0.4) is 0 Å². The molecule has 1 atom stereocenters. The van der Waals surface area contributed by atoms with E-state index in [0.717, 1.165) is 16.8 Å². The number of rotatable bonds is 6. The molecule has 1 N–H and O–H groups in total. The number of hydrogen-bond acceptors (Lipinski definition) is 6.